The summed E-state index contributed by atoms with van der Waals surface area (Å²) < 4.78 is 35.5. The second kappa shape index (κ2) is 4.98. The number of hydrogen-bond donors (Lipinski definition) is 2. The molecule has 0 aliphatic heterocycles. The van der Waals surface area contributed by atoms with E-state index in [0.717, 1.165) is 6.42 Å². The van der Waals surface area contributed by atoms with Crippen LogP contribution in [-0.2, 0) is 0 Å². The molecule has 1 fully saturated rings. The predicted octanol–water partition coefficient (Wildman–Crippen LogP) is 1.69. The molecule has 0 aromatic rings. The summed E-state index contributed by atoms with van der Waals surface area (Å²) >= 11 is 0. The van der Waals surface area contributed by atoms with Crippen LogP contribution in [0.25, 0.3) is 0 Å². The van der Waals surface area contributed by atoms with Gasteiger partial charge >= 0.3 is 6.18 Å². The first-order valence-electron chi connectivity index (χ1n) is 4.95. The molecule has 84 valence electrons. The lowest BCUT2D eigenvalue weighted by Crippen LogP contribution is -2.39. The van der Waals surface area contributed by atoms with Crippen molar-refractivity contribution in [3.8, 4) is 0 Å². The number of alkyl halides is 3. The van der Waals surface area contributed by atoms with Crippen molar-refractivity contribution in [1.29, 1.82) is 0 Å². The molecule has 14 heavy (non-hydrogen) atoms. The minimum atomic E-state index is -4.50. The van der Waals surface area contributed by atoms with Crippen molar-refractivity contribution >= 4 is 0 Å². The maximum absolute atomic E-state index is 11.8. The largest absolute Gasteiger partial charge is 0.415 e. The Bertz CT molecular complexity index is 168. The zero-order valence-electron chi connectivity index (χ0n) is 7.98. The number of hydrogen-bond acceptors (Lipinski definition) is 2. The normalized spacial score (nSPS) is 20.6. The first-order chi connectivity index (χ1) is 6.50. The van der Waals surface area contributed by atoms with E-state index in [1.807, 2.05) is 0 Å². The monoisotopic (exact) mass is 211 g/mol. The molecule has 1 saturated carbocycles. The summed E-state index contributed by atoms with van der Waals surface area (Å²) in [6.07, 6.45) is -2.17. The van der Waals surface area contributed by atoms with Crippen LogP contribution in [0.4, 0.5) is 13.2 Å². The molecule has 1 aliphatic rings. The third kappa shape index (κ3) is 3.84. The summed E-state index contributed by atoms with van der Waals surface area (Å²) in [7, 11) is 0. The van der Waals surface area contributed by atoms with Crippen LogP contribution in [0, 0.1) is 5.92 Å². The van der Waals surface area contributed by atoms with Gasteiger partial charge in [-0.05, 0) is 18.9 Å². The quantitative estimate of drug-likeness (QED) is 0.678. The zero-order chi connectivity index (χ0) is 10.6. The second-order valence-electron chi connectivity index (χ2n) is 3.85. The number of nitrogens with one attached hydrogen (secondary N) is 1. The van der Waals surface area contributed by atoms with Gasteiger partial charge in [-0.2, -0.15) is 13.2 Å². The first kappa shape index (κ1) is 11.8. The average molecular weight is 211 g/mol. The van der Waals surface area contributed by atoms with Gasteiger partial charge in [-0.3, -0.25) is 0 Å². The molecule has 0 bridgehead atoms. The van der Waals surface area contributed by atoms with Gasteiger partial charge in [0.15, 0.2) is 6.10 Å². The van der Waals surface area contributed by atoms with E-state index in [2.05, 4.69) is 5.32 Å². The van der Waals surface area contributed by atoms with Gasteiger partial charge in [0.1, 0.15) is 0 Å². The Hall–Kier alpha value is -0.290. The van der Waals surface area contributed by atoms with Crippen molar-refractivity contribution in [3.05, 3.63) is 0 Å². The number of aliphatic hydroxyl groups excluding tert-OH is 1. The standard InChI is InChI=1S/C9H16F3NO/c10-9(11,12)8(14)6-13-5-4-7-2-1-3-7/h7-8,13-14H,1-6H2. The topological polar surface area (TPSA) is 32.3 Å². The van der Waals surface area contributed by atoms with E-state index >= 15 is 0 Å². The van der Waals surface area contributed by atoms with Crippen molar-refractivity contribution in [1.82, 2.24) is 5.32 Å². The van der Waals surface area contributed by atoms with Crippen molar-refractivity contribution < 1.29 is 18.3 Å². The Kier molecular flexibility index (Phi) is 4.19. The number of rotatable bonds is 5. The van der Waals surface area contributed by atoms with E-state index in [9.17, 15) is 13.2 Å². The third-order valence-electron chi connectivity index (χ3n) is 2.67. The molecule has 0 amide bonds. The Morgan fingerprint density at radius 3 is 2.43 bits per heavy atom. The van der Waals surface area contributed by atoms with E-state index < -0.39 is 18.8 Å². The maximum Gasteiger partial charge on any atom is 0.415 e. The summed E-state index contributed by atoms with van der Waals surface area (Å²) in [4.78, 5) is 0. The molecule has 0 heterocycles. The number of aliphatic hydroxyl groups is 1. The Morgan fingerprint density at radius 2 is 2.00 bits per heavy atom. The summed E-state index contributed by atoms with van der Waals surface area (Å²) in [5.74, 6) is 0.686. The third-order valence-corrected chi connectivity index (χ3v) is 2.67. The summed E-state index contributed by atoms with van der Waals surface area (Å²) in [6.45, 7) is 0.175. The molecule has 0 aromatic heterocycles. The molecule has 1 unspecified atom stereocenters. The SMILES string of the molecule is OC(CNCCC1CCC1)C(F)(F)F. The summed E-state index contributed by atoms with van der Waals surface area (Å²) in [6, 6.07) is 0. The highest BCUT2D eigenvalue weighted by molar-refractivity contribution is 4.72. The van der Waals surface area contributed by atoms with Crippen LogP contribution in [0.1, 0.15) is 25.7 Å². The van der Waals surface area contributed by atoms with Crippen molar-refractivity contribution in [2.24, 2.45) is 5.92 Å². The van der Waals surface area contributed by atoms with E-state index in [0.29, 0.717) is 12.5 Å². The molecule has 2 N–H and O–H groups in total. The zero-order valence-corrected chi connectivity index (χ0v) is 7.98. The smallest absolute Gasteiger partial charge is 0.382 e. The molecule has 0 saturated heterocycles. The fraction of sp³-hybridized carbons (Fsp3) is 1.00. The molecule has 5 heteroatoms. The molecule has 1 atom stereocenters. The average Bonchev–Trinajstić information content (AvgIpc) is 1.98. The van der Waals surface area contributed by atoms with E-state index in [1.165, 1.54) is 19.3 Å². The Morgan fingerprint density at radius 1 is 1.36 bits per heavy atom. The molecule has 0 aromatic carbocycles. The van der Waals surface area contributed by atoms with Gasteiger partial charge in [-0.25, -0.2) is 0 Å². The molecular weight excluding hydrogens is 195 g/mol. The highest BCUT2D eigenvalue weighted by atomic mass is 19.4. The molecule has 0 spiro atoms. The number of halogens is 3. The minimum absolute atomic E-state index is 0.393. The maximum atomic E-state index is 11.8. The van der Waals surface area contributed by atoms with Gasteiger partial charge in [0.05, 0.1) is 0 Å². The van der Waals surface area contributed by atoms with Gasteiger partial charge in [0.2, 0.25) is 0 Å². The minimum Gasteiger partial charge on any atom is -0.382 e. The Labute approximate surface area is 81.5 Å². The van der Waals surface area contributed by atoms with Crippen molar-refractivity contribution in [2.45, 2.75) is 38.0 Å². The predicted molar refractivity (Wildman–Crippen MR) is 46.9 cm³/mol. The molecule has 1 rings (SSSR count). The van der Waals surface area contributed by atoms with E-state index in [4.69, 9.17) is 5.11 Å². The highest BCUT2D eigenvalue weighted by Crippen LogP contribution is 2.28. The summed E-state index contributed by atoms with van der Waals surface area (Å²) in [5, 5.41) is 11.3. The first-order valence-corrected chi connectivity index (χ1v) is 4.95. The lowest BCUT2D eigenvalue weighted by atomic mass is 9.83. The van der Waals surface area contributed by atoms with Gasteiger partial charge in [0, 0.05) is 6.54 Å². The van der Waals surface area contributed by atoms with Crippen LogP contribution >= 0.6 is 0 Å². The van der Waals surface area contributed by atoms with Crippen LogP contribution in [0.3, 0.4) is 0 Å². The Balaban J connectivity index is 1.97. The lowest BCUT2D eigenvalue weighted by Gasteiger charge is -2.25. The molecule has 2 nitrogen and oxygen atoms in total. The van der Waals surface area contributed by atoms with Crippen LogP contribution in [0.5, 0.6) is 0 Å². The second-order valence-corrected chi connectivity index (χ2v) is 3.85. The van der Waals surface area contributed by atoms with E-state index in [1.54, 1.807) is 0 Å². The van der Waals surface area contributed by atoms with Gasteiger partial charge in [0.25, 0.3) is 0 Å². The van der Waals surface area contributed by atoms with Crippen molar-refractivity contribution in [2.75, 3.05) is 13.1 Å². The van der Waals surface area contributed by atoms with Gasteiger partial charge in [-0.15, -0.1) is 0 Å². The van der Waals surface area contributed by atoms with Gasteiger partial charge < -0.3 is 10.4 Å². The summed E-state index contributed by atoms with van der Waals surface area (Å²) in [5.41, 5.74) is 0. The molecular formula is C9H16F3NO. The fourth-order valence-corrected chi connectivity index (χ4v) is 1.44. The molecule has 1 aliphatic carbocycles. The highest BCUT2D eigenvalue weighted by Gasteiger charge is 2.37. The van der Waals surface area contributed by atoms with Gasteiger partial charge in [-0.1, -0.05) is 19.3 Å². The molecule has 0 radical (unpaired) electrons. The van der Waals surface area contributed by atoms with Crippen LogP contribution in [0.2, 0.25) is 0 Å². The fourth-order valence-electron chi connectivity index (χ4n) is 1.44. The van der Waals surface area contributed by atoms with Crippen LogP contribution in [-0.4, -0.2) is 30.5 Å². The van der Waals surface area contributed by atoms with Crippen LogP contribution in [0.15, 0.2) is 0 Å². The van der Waals surface area contributed by atoms with Crippen molar-refractivity contribution in [3.63, 3.8) is 0 Å². The van der Waals surface area contributed by atoms with E-state index in [-0.39, 0.29) is 0 Å². The lowest BCUT2D eigenvalue weighted by molar-refractivity contribution is -0.201. The van der Waals surface area contributed by atoms with Crippen LogP contribution < -0.4 is 5.32 Å².